The summed E-state index contributed by atoms with van der Waals surface area (Å²) in [4.78, 5) is 0. The Morgan fingerprint density at radius 1 is 1.33 bits per heavy atom. The van der Waals surface area contributed by atoms with Crippen molar-refractivity contribution in [3.63, 3.8) is 0 Å². The summed E-state index contributed by atoms with van der Waals surface area (Å²) in [5.74, 6) is -0.00109. The molecule has 0 aliphatic heterocycles. The Morgan fingerprint density at radius 2 is 2.00 bits per heavy atom. The highest BCUT2D eigenvalue weighted by Crippen LogP contribution is 2.40. The van der Waals surface area contributed by atoms with E-state index >= 15 is 0 Å². The smallest absolute Gasteiger partial charge is 0.0703 e. The van der Waals surface area contributed by atoms with E-state index in [0.29, 0.717) is 13.0 Å². The summed E-state index contributed by atoms with van der Waals surface area (Å²) in [6.07, 6.45) is 3.54. The van der Waals surface area contributed by atoms with Crippen LogP contribution in [0.5, 0.6) is 0 Å². The number of ether oxygens (including phenoxy) is 1. The molecule has 1 aliphatic rings. The molecular formula is C15H23NO2. The number of nitrogens with two attached hydrogens (primary N) is 1. The molecule has 0 saturated heterocycles. The van der Waals surface area contributed by atoms with Crippen molar-refractivity contribution < 1.29 is 9.84 Å². The number of rotatable bonds is 6. The van der Waals surface area contributed by atoms with Crippen LogP contribution in [0.3, 0.4) is 0 Å². The lowest BCUT2D eigenvalue weighted by atomic mass is 9.73. The van der Waals surface area contributed by atoms with Crippen LogP contribution >= 0.6 is 0 Å². The van der Waals surface area contributed by atoms with Crippen molar-refractivity contribution in [1.82, 2.24) is 0 Å². The highest BCUT2D eigenvalue weighted by molar-refractivity contribution is 5.21. The van der Waals surface area contributed by atoms with Gasteiger partial charge in [-0.25, -0.2) is 0 Å². The summed E-state index contributed by atoms with van der Waals surface area (Å²) in [6, 6.07) is 10.0. The zero-order valence-corrected chi connectivity index (χ0v) is 11.0. The maximum absolute atomic E-state index is 10.4. The van der Waals surface area contributed by atoms with Gasteiger partial charge in [-0.1, -0.05) is 30.3 Å². The normalized spacial score (nSPS) is 21.1. The van der Waals surface area contributed by atoms with E-state index in [0.717, 1.165) is 18.4 Å². The van der Waals surface area contributed by atoms with E-state index in [2.05, 4.69) is 0 Å². The van der Waals surface area contributed by atoms with E-state index in [4.69, 9.17) is 10.5 Å². The minimum absolute atomic E-state index is 0.00109. The molecular weight excluding hydrogens is 226 g/mol. The van der Waals surface area contributed by atoms with Crippen LogP contribution in [0.25, 0.3) is 0 Å². The zero-order valence-electron chi connectivity index (χ0n) is 11.0. The Balaban J connectivity index is 2.04. The third-order valence-corrected chi connectivity index (χ3v) is 4.23. The Labute approximate surface area is 109 Å². The van der Waals surface area contributed by atoms with Gasteiger partial charge in [0.2, 0.25) is 0 Å². The molecule has 0 amide bonds. The molecule has 2 rings (SSSR count). The second-order valence-corrected chi connectivity index (χ2v) is 5.27. The predicted molar refractivity (Wildman–Crippen MR) is 72.5 cm³/mol. The van der Waals surface area contributed by atoms with Gasteiger partial charge in [-0.15, -0.1) is 0 Å². The second-order valence-electron chi connectivity index (χ2n) is 5.27. The molecule has 1 fully saturated rings. The van der Waals surface area contributed by atoms with Crippen molar-refractivity contribution in [2.24, 2.45) is 5.73 Å². The Hall–Kier alpha value is -0.900. The summed E-state index contributed by atoms with van der Waals surface area (Å²) >= 11 is 0. The number of methoxy groups -OCH3 is 1. The molecule has 0 aromatic heterocycles. The first-order chi connectivity index (χ1) is 8.71. The van der Waals surface area contributed by atoms with Gasteiger partial charge in [-0.2, -0.15) is 0 Å². The van der Waals surface area contributed by atoms with Crippen molar-refractivity contribution in [2.45, 2.75) is 43.3 Å². The number of benzene rings is 1. The molecule has 1 aliphatic carbocycles. The van der Waals surface area contributed by atoms with Gasteiger partial charge in [0.15, 0.2) is 0 Å². The fraction of sp³-hybridized carbons (Fsp3) is 0.600. The van der Waals surface area contributed by atoms with Crippen LogP contribution in [0, 0.1) is 0 Å². The van der Waals surface area contributed by atoms with Crippen molar-refractivity contribution in [3.8, 4) is 0 Å². The molecule has 18 heavy (non-hydrogen) atoms. The zero-order chi connectivity index (χ0) is 13.0. The highest BCUT2D eigenvalue weighted by atomic mass is 16.5. The molecule has 3 N–H and O–H groups in total. The third-order valence-electron chi connectivity index (χ3n) is 4.23. The van der Waals surface area contributed by atoms with Crippen LogP contribution in [0.2, 0.25) is 0 Å². The fourth-order valence-electron chi connectivity index (χ4n) is 2.80. The summed E-state index contributed by atoms with van der Waals surface area (Å²) in [5.41, 5.74) is 6.82. The van der Waals surface area contributed by atoms with Gasteiger partial charge in [-0.3, -0.25) is 0 Å². The van der Waals surface area contributed by atoms with E-state index in [1.165, 1.54) is 6.42 Å². The minimum Gasteiger partial charge on any atom is -0.392 e. The molecule has 0 spiro atoms. The Bertz CT molecular complexity index is 357. The summed E-state index contributed by atoms with van der Waals surface area (Å²) in [6.45, 7) is 0.463. The lowest BCUT2D eigenvalue weighted by molar-refractivity contribution is -0.102. The molecule has 2 atom stereocenters. The first-order valence-electron chi connectivity index (χ1n) is 6.69. The molecule has 0 heterocycles. The monoisotopic (exact) mass is 249 g/mol. The van der Waals surface area contributed by atoms with Crippen LogP contribution in [-0.2, 0) is 4.74 Å². The van der Waals surface area contributed by atoms with E-state index in [9.17, 15) is 5.11 Å². The van der Waals surface area contributed by atoms with Crippen molar-refractivity contribution in [3.05, 3.63) is 35.9 Å². The van der Waals surface area contributed by atoms with E-state index in [1.807, 2.05) is 30.3 Å². The molecule has 1 aromatic rings. The molecule has 100 valence electrons. The van der Waals surface area contributed by atoms with Gasteiger partial charge in [0, 0.05) is 26.0 Å². The fourth-order valence-corrected chi connectivity index (χ4v) is 2.80. The lowest BCUT2D eigenvalue weighted by Crippen LogP contribution is -2.44. The third kappa shape index (κ3) is 2.74. The topological polar surface area (TPSA) is 55.5 Å². The molecule has 0 radical (unpaired) electrons. The summed E-state index contributed by atoms with van der Waals surface area (Å²) in [7, 11) is 1.74. The number of aliphatic hydroxyl groups excluding tert-OH is 1. The van der Waals surface area contributed by atoms with Gasteiger partial charge in [0.1, 0.15) is 0 Å². The van der Waals surface area contributed by atoms with Crippen molar-refractivity contribution in [2.75, 3.05) is 13.7 Å². The van der Waals surface area contributed by atoms with Crippen molar-refractivity contribution in [1.29, 1.82) is 0 Å². The predicted octanol–water partition coefficient (Wildman–Crippen LogP) is 2.05. The first kappa shape index (κ1) is 13.5. The number of aliphatic hydroxyl groups is 1. The summed E-state index contributed by atoms with van der Waals surface area (Å²) in [5, 5.41) is 10.4. The van der Waals surface area contributed by atoms with Gasteiger partial charge in [-0.05, 0) is 24.8 Å². The first-order valence-corrected chi connectivity index (χ1v) is 6.69. The Kier molecular flexibility index (Phi) is 4.38. The molecule has 2 unspecified atom stereocenters. The lowest BCUT2D eigenvalue weighted by Gasteiger charge is -2.43. The Morgan fingerprint density at radius 3 is 2.44 bits per heavy atom. The van der Waals surface area contributed by atoms with Crippen LogP contribution < -0.4 is 5.73 Å². The largest absolute Gasteiger partial charge is 0.392 e. The second kappa shape index (κ2) is 5.83. The van der Waals surface area contributed by atoms with Crippen LogP contribution in [0.1, 0.15) is 37.2 Å². The highest BCUT2D eigenvalue weighted by Gasteiger charge is 2.40. The van der Waals surface area contributed by atoms with Gasteiger partial charge < -0.3 is 15.6 Å². The molecule has 3 heteroatoms. The van der Waals surface area contributed by atoms with Crippen LogP contribution in [0.15, 0.2) is 30.3 Å². The van der Waals surface area contributed by atoms with Crippen LogP contribution in [-0.4, -0.2) is 30.5 Å². The number of hydrogen-bond donors (Lipinski definition) is 2. The molecule has 3 nitrogen and oxygen atoms in total. The van der Waals surface area contributed by atoms with Crippen molar-refractivity contribution >= 4 is 0 Å². The number of hydrogen-bond acceptors (Lipinski definition) is 3. The average molecular weight is 249 g/mol. The minimum atomic E-state index is -0.433. The maximum Gasteiger partial charge on any atom is 0.0703 e. The maximum atomic E-state index is 10.4. The molecule has 0 bridgehead atoms. The average Bonchev–Trinajstić information content (AvgIpc) is 2.36. The van der Waals surface area contributed by atoms with E-state index in [1.54, 1.807) is 7.11 Å². The quantitative estimate of drug-likeness (QED) is 0.811. The van der Waals surface area contributed by atoms with Gasteiger partial charge in [0.05, 0.1) is 11.7 Å². The summed E-state index contributed by atoms with van der Waals surface area (Å²) < 4.78 is 5.57. The van der Waals surface area contributed by atoms with Gasteiger partial charge >= 0.3 is 0 Å². The molecule has 1 aromatic carbocycles. The van der Waals surface area contributed by atoms with Crippen LogP contribution in [0.4, 0.5) is 0 Å². The SMILES string of the molecule is COC1(CC(O)C(CN)c2ccccc2)CCC1. The van der Waals surface area contributed by atoms with Gasteiger partial charge in [0.25, 0.3) is 0 Å². The van der Waals surface area contributed by atoms with E-state index < -0.39 is 6.10 Å². The van der Waals surface area contributed by atoms with E-state index in [-0.39, 0.29) is 11.5 Å². The standard InChI is InChI=1S/C15H23NO2/c1-18-15(8-5-9-15)10-14(17)13(11-16)12-6-3-2-4-7-12/h2-4,6-7,13-14,17H,5,8-11,16H2,1H3. The molecule has 1 saturated carbocycles.